The second kappa shape index (κ2) is 7.03. The lowest BCUT2D eigenvalue weighted by Gasteiger charge is -2.14. The second-order valence-electron chi connectivity index (χ2n) is 5.11. The molecular formula is C18H15ClN2O2S. The number of hydrogen-bond acceptors (Lipinski definition) is 3. The number of amides is 1. The van der Waals surface area contributed by atoms with E-state index < -0.39 is 0 Å². The van der Waals surface area contributed by atoms with Crippen molar-refractivity contribution < 1.29 is 9.53 Å². The van der Waals surface area contributed by atoms with Crippen molar-refractivity contribution in [2.45, 2.75) is 6.92 Å². The minimum Gasteiger partial charge on any atom is -0.494 e. The minimum absolute atomic E-state index is 0.195. The fourth-order valence-corrected chi connectivity index (χ4v) is 2.78. The molecule has 0 aliphatic carbocycles. The van der Waals surface area contributed by atoms with Crippen LogP contribution in [-0.2, 0) is 4.79 Å². The van der Waals surface area contributed by atoms with Crippen LogP contribution in [0.15, 0.2) is 54.2 Å². The van der Waals surface area contributed by atoms with Gasteiger partial charge in [-0.05, 0) is 67.2 Å². The Hall–Kier alpha value is -2.37. The third kappa shape index (κ3) is 3.42. The predicted octanol–water partition coefficient (Wildman–Crippen LogP) is 4.00. The molecule has 1 aliphatic rings. The van der Waals surface area contributed by atoms with Crippen LogP contribution in [0.25, 0.3) is 6.08 Å². The van der Waals surface area contributed by atoms with E-state index >= 15 is 0 Å². The summed E-state index contributed by atoms with van der Waals surface area (Å²) in [6.07, 6.45) is 1.75. The first-order valence-corrected chi connectivity index (χ1v) is 8.22. The van der Waals surface area contributed by atoms with Crippen LogP contribution in [0.3, 0.4) is 0 Å². The van der Waals surface area contributed by atoms with Crippen LogP contribution in [-0.4, -0.2) is 17.6 Å². The molecule has 24 heavy (non-hydrogen) atoms. The first-order chi connectivity index (χ1) is 11.6. The van der Waals surface area contributed by atoms with Crippen LogP contribution in [0.1, 0.15) is 12.5 Å². The van der Waals surface area contributed by atoms with Gasteiger partial charge in [-0.15, -0.1) is 0 Å². The van der Waals surface area contributed by atoms with Crippen molar-refractivity contribution in [3.8, 4) is 5.75 Å². The van der Waals surface area contributed by atoms with Gasteiger partial charge in [-0.3, -0.25) is 9.69 Å². The third-order valence-corrected chi connectivity index (χ3v) is 4.00. The lowest BCUT2D eigenvalue weighted by atomic mass is 10.2. The molecule has 3 rings (SSSR count). The molecule has 122 valence electrons. The molecule has 0 atom stereocenters. The summed E-state index contributed by atoms with van der Waals surface area (Å²) in [5.74, 6) is 0.558. The second-order valence-corrected chi connectivity index (χ2v) is 5.93. The highest BCUT2D eigenvalue weighted by Gasteiger charge is 2.31. The van der Waals surface area contributed by atoms with Gasteiger partial charge < -0.3 is 10.1 Å². The molecule has 4 nitrogen and oxygen atoms in total. The molecular weight excluding hydrogens is 344 g/mol. The smallest absolute Gasteiger partial charge is 0.281 e. The number of nitrogens with one attached hydrogen (secondary N) is 1. The summed E-state index contributed by atoms with van der Waals surface area (Å²) in [6, 6.07) is 14.5. The average Bonchev–Trinajstić information content (AvgIpc) is 2.85. The Labute approximate surface area is 150 Å². The third-order valence-electron chi connectivity index (χ3n) is 3.47. The van der Waals surface area contributed by atoms with Gasteiger partial charge in [-0.25, -0.2) is 0 Å². The van der Waals surface area contributed by atoms with Crippen molar-refractivity contribution in [2.24, 2.45) is 0 Å². The van der Waals surface area contributed by atoms with Crippen LogP contribution >= 0.6 is 23.8 Å². The lowest BCUT2D eigenvalue weighted by molar-refractivity contribution is -0.113. The molecule has 1 N–H and O–H groups in total. The summed E-state index contributed by atoms with van der Waals surface area (Å²) in [5, 5.41) is 3.96. The Balaban J connectivity index is 1.84. The molecule has 1 saturated heterocycles. The Bertz CT molecular complexity index is 801. The molecule has 1 heterocycles. The molecule has 1 aliphatic heterocycles. The Morgan fingerprint density at radius 1 is 1.17 bits per heavy atom. The quantitative estimate of drug-likeness (QED) is 0.662. The largest absolute Gasteiger partial charge is 0.494 e. The maximum Gasteiger partial charge on any atom is 0.281 e. The summed E-state index contributed by atoms with van der Waals surface area (Å²) < 4.78 is 5.41. The standard InChI is InChI=1S/C18H15ClN2O2S/c1-2-23-15-9-7-14(8-10-15)21-17(22)16(20-18(21)24)11-12-3-5-13(19)6-4-12/h3-11H,2H2,1H3,(H,20,24). The Morgan fingerprint density at radius 3 is 2.46 bits per heavy atom. The molecule has 0 radical (unpaired) electrons. The number of rotatable bonds is 4. The number of carbonyl (C=O) groups is 1. The number of nitrogens with zero attached hydrogens (tertiary/aromatic N) is 1. The fraction of sp³-hybridized carbons (Fsp3) is 0.111. The fourth-order valence-electron chi connectivity index (χ4n) is 2.35. The van der Waals surface area contributed by atoms with E-state index in [1.165, 1.54) is 4.90 Å². The van der Waals surface area contributed by atoms with E-state index in [-0.39, 0.29) is 5.91 Å². The van der Waals surface area contributed by atoms with Crippen molar-refractivity contribution in [2.75, 3.05) is 11.5 Å². The van der Waals surface area contributed by atoms with E-state index in [2.05, 4.69) is 5.32 Å². The van der Waals surface area contributed by atoms with E-state index in [4.69, 9.17) is 28.6 Å². The molecule has 2 aromatic carbocycles. The molecule has 0 unspecified atom stereocenters. The average molecular weight is 359 g/mol. The van der Waals surface area contributed by atoms with Crippen molar-refractivity contribution in [3.63, 3.8) is 0 Å². The predicted molar refractivity (Wildman–Crippen MR) is 100 cm³/mol. The Morgan fingerprint density at radius 2 is 1.83 bits per heavy atom. The lowest BCUT2D eigenvalue weighted by Crippen LogP contribution is -2.30. The van der Waals surface area contributed by atoms with Crippen LogP contribution < -0.4 is 15.0 Å². The maximum atomic E-state index is 12.6. The van der Waals surface area contributed by atoms with Gasteiger partial charge in [0.25, 0.3) is 5.91 Å². The molecule has 0 bridgehead atoms. The zero-order chi connectivity index (χ0) is 17.1. The van der Waals surface area contributed by atoms with E-state index in [9.17, 15) is 4.79 Å². The van der Waals surface area contributed by atoms with Gasteiger partial charge in [0, 0.05) is 5.02 Å². The highest BCUT2D eigenvalue weighted by molar-refractivity contribution is 7.80. The summed E-state index contributed by atoms with van der Waals surface area (Å²) in [4.78, 5) is 14.1. The minimum atomic E-state index is -0.195. The normalized spacial score (nSPS) is 15.8. The maximum absolute atomic E-state index is 12.6. The molecule has 1 fully saturated rings. The highest BCUT2D eigenvalue weighted by atomic mass is 35.5. The van der Waals surface area contributed by atoms with Gasteiger partial charge >= 0.3 is 0 Å². The van der Waals surface area contributed by atoms with Gasteiger partial charge in [0.15, 0.2) is 5.11 Å². The Kier molecular flexibility index (Phi) is 4.83. The van der Waals surface area contributed by atoms with E-state index in [0.717, 1.165) is 11.3 Å². The van der Waals surface area contributed by atoms with E-state index in [1.807, 2.05) is 43.3 Å². The van der Waals surface area contributed by atoms with Crippen molar-refractivity contribution >= 4 is 46.6 Å². The molecule has 0 spiro atoms. The SMILES string of the molecule is CCOc1ccc(N2C(=O)C(=Cc3ccc(Cl)cc3)NC2=S)cc1. The number of ether oxygens (including phenoxy) is 1. The summed E-state index contributed by atoms with van der Waals surface area (Å²) in [6.45, 7) is 2.51. The highest BCUT2D eigenvalue weighted by Crippen LogP contribution is 2.25. The number of thiocarbonyl (C=S) groups is 1. The van der Waals surface area contributed by atoms with Crippen LogP contribution in [0.2, 0.25) is 5.02 Å². The van der Waals surface area contributed by atoms with E-state index in [0.29, 0.717) is 28.1 Å². The van der Waals surface area contributed by atoms with Crippen LogP contribution in [0.5, 0.6) is 5.75 Å². The van der Waals surface area contributed by atoms with Crippen LogP contribution in [0.4, 0.5) is 5.69 Å². The molecule has 6 heteroatoms. The number of hydrogen-bond donors (Lipinski definition) is 1. The summed E-state index contributed by atoms with van der Waals surface area (Å²) in [5.41, 5.74) is 1.99. The van der Waals surface area contributed by atoms with Crippen LogP contribution in [0, 0.1) is 0 Å². The molecule has 1 amide bonds. The number of carbonyl (C=O) groups excluding carboxylic acids is 1. The number of anilines is 1. The zero-order valence-electron chi connectivity index (χ0n) is 13.0. The van der Waals surface area contributed by atoms with Crippen molar-refractivity contribution in [3.05, 3.63) is 64.8 Å². The molecule has 0 aromatic heterocycles. The first kappa shape index (κ1) is 16.5. The van der Waals surface area contributed by atoms with Gasteiger partial charge in [0.2, 0.25) is 0 Å². The summed E-state index contributed by atoms with van der Waals surface area (Å²) in [7, 11) is 0. The van der Waals surface area contributed by atoms with Crippen molar-refractivity contribution in [1.29, 1.82) is 0 Å². The van der Waals surface area contributed by atoms with Gasteiger partial charge in [-0.1, -0.05) is 23.7 Å². The zero-order valence-corrected chi connectivity index (χ0v) is 14.5. The molecule has 2 aromatic rings. The summed E-state index contributed by atoms with van der Waals surface area (Å²) >= 11 is 11.2. The van der Waals surface area contributed by atoms with Gasteiger partial charge in [-0.2, -0.15) is 0 Å². The van der Waals surface area contributed by atoms with Gasteiger partial charge in [0.05, 0.1) is 12.3 Å². The number of halogens is 1. The van der Waals surface area contributed by atoms with Gasteiger partial charge in [0.1, 0.15) is 11.4 Å². The van der Waals surface area contributed by atoms with Crippen molar-refractivity contribution in [1.82, 2.24) is 5.32 Å². The number of benzene rings is 2. The monoisotopic (exact) mass is 358 g/mol. The topological polar surface area (TPSA) is 41.6 Å². The molecule has 0 saturated carbocycles. The van der Waals surface area contributed by atoms with E-state index in [1.54, 1.807) is 18.2 Å². The first-order valence-electron chi connectivity index (χ1n) is 7.44.